The fraction of sp³-hybridized carbons (Fsp3) is 0.636. The first kappa shape index (κ1) is 26.5. The zero-order valence-corrected chi connectivity index (χ0v) is 20.9. The van der Waals surface area contributed by atoms with Gasteiger partial charge in [0, 0.05) is 32.2 Å². The summed E-state index contributed by atoms with van der Waals surface area (Å²) >= 11 is 0. The molecule has 0 radical (unpaired) electrons. The number of hydrogen-bond acceptors (Lipinski definition) is 4. The molecule has 4 N–H and O–H groups in total. The van der Waals surface area contributed by atoms with Gasteiger partial charge in [-0.2, -0.15) is 0 Å². The molecule has 1 heterocycles. The molecule has 0 aromatic heterocycles. The Balaban J connectivity index is 0.00000450. The molecule has 170 valence electrons. The number of aliphatic imine (C=N–C) groups is 1. The van der Waals surface area contributed by atoms with Gasteiger partial charge in [-0.15, -0.1) is 24.0 Å². The standard InChI is InChI=1S/C22H37N5O2.HI/c1-4-24-22(26-19-10-13-27(14-11-19)15-21(23)28)25-12-9-18-5-7-20(8-6-18)29-16-17(2)3;/h5-8,17,19H,4,9-16H2,1-3H3,(H2,23,28)(H2,24,25,26);1H. The van der Waals surface area contributed by atoms with E-state index >= 15 is 0 Å². The van der Waals surface area contributed by atoms with Gasteiger partial charge in [0.25, 0.3) is 0 Å². The molecule has 2 rings (SSSR count). The second-order valence-electron chi connectivity index (χ2n) is 8.02. The number of halogens is 1. The molecule has 7 nitrogen and oxygen atoms in total. The average Bonchev–Trinajstić information content (AvgIpc) is 2.68. The zero-order chi connectivity index (χ0) is 21.1. The quantitative estimate of drug-likeness (QED) is 0.245. The maximum Gasteiger partial charge on any atom is 0.231 e. The van der Waals surface area contributed by atoms with Crippen molar-refractivity contribution in [3.05, 3.63) is 29.8 Å². The van der Waals surface area contributed by atoms with Crippen LogP contribution in [0.5, 0.6) is 5.75 Å². The molecule has 0 bridgehead atoms. The van der Waals surface area contributed by atoms with Crippen LogP contribution < -0.4 is 21.1 Å². The highest BCUT2D eigenvalue weighted by atomic mass is 127. The molecule has 30 heavy (non-hydrogen) atoms. The molecule has 0 spiro atoms. The number of carbonyl (C=O) groups excluding carboxylic acids is 1. The van der Waals surface area contributed by atoms with E-state index in [4.69, 9.17) is 15.5 Å². The van der Waals surface area contributed by atoms with Crippen LogP contribution in [-0.4, -0.2) is 62.1 Å². The predicted octanol–water partition coefficient (Wildman–Crippen LogP) is 2.39. The number of benzene rings is 1. The summed E-state index contributed by atoms with van der Waals surface area (Å²) in [5.74, 6) is 2.04. The van der Waals surface area contributed by atoms with Crippen molar-refractivity contribution >= 4 is 35.8 Å². The van der Waals surface area contributed by atoms with Crippen LogP contribution in [0.3, 0.4) is 0 Å². The number of nitrogens with one attached hydrogen (secondary N) is 2. The van der Waals surface area contributed by atoms with Crippen molar-refractivity contribution in [1.29, 1.82) is 0 Å². The molecule has 1 aromatic rings. The normalized spacial score (nSPS) is 15.5. The Hall–Kier alpha value is -1.55. The summed E-state index contributed by atoms with van der Waals surface area (Å²) < 4.78 is 5.73. The molecule has 0 unspecified atom stereocenters. The summed E-state index contributed by atoms with van der Waals surface area (Å²) in [7, 11) is 0. The van der Waals surface area contributed by atoms with E-state index in [9.17, 15) is 4.79 Å². The number of piperidine rings is 1. The van der Waals surface area contributed by atoms with Gasteiger partial charge in [-0.3, -0.25) is 14.7 Å². The minimum absolute atomic E-state index is 0. The van der Waals surface area contributed by atoms with Crippen molar-refractivity contribution in [3.63, 3.8) is 0 Å². The Morgan fingerprint density at radius 3 is 2.50 bits per heavy atom. The lowest BCUT2D eigenvalue weighted by Gasteiger charge is -2.32. The van der Waals surface area contributed by atoms with E-state index in [0.29, 0.717) is 18.5 Å². The van der Waals surface area contributed by atoms with E-state index in [-0.39, 0.29) is 29.9 Å². The minimum atomic E-state index is -0.258. The number of nitrogens with two attached hydrogens (primary N) is 1. The number of hydrogen-bond donors (Lipinski definition) is 3. The van der Waals surface area contributed by atoms with Crippen molar-refractivity contribution in [2.75, 3.05) is 39.3 Å². The number of primary amides is 1. The Labute approximate surface area is 198 Å². The highest BCUT2D eigenvalue weighted by molar-refractivity contribution is 14.0. The van der Waals surface area contributed by atoms with E-state index < -0.39 is 0 Å². The van der Waals surface area contributed by atoms with Crippen LogP contribution in [0.4, 0.5) is 0 Å². The largest absolute Gasteiger partial charge is 0.493 e. The van der Waals surface area contributed by atoms with Crippen molar-refractivity contribution < 1.29 is 9.53 Å². The molecule has 1 aliphatic rings. The third-order valence-corrected chi connectivity index (χ3v) is 4.83. The van der Waals surface area contributed by atoms with E-state index in [2.05, 4.69) is 48.4 Å². The number of rotatable bonds is 10. The third-order valence-electron chi connectivity index (χ3n) is 4.83. The molecule has 0 saturated carbocycles. The Bertz CT molecular complexity index is 643. The zero-order valence-electron chi connectivity index (χ0n) is 18.5. The van der Waals surface area contributed by atoms with Crippen LogP contribution >= 0.6 is 24.0 Å². The lowest BCUT2D eigenvalue weighted by molar-refractivity contribution is -0.119. The van der Waals surface area contributed by atoms with E-state index in [1.54, 1.807) is 0 Å². The number of ether oxygens (including phenoxy) is 1. The van der Waals surface area contributed by atoms with Crippen molar-refractivity contribution in [2.45, 2.75) is 46.1 Å². The highest BCUT2D eigenvalue weighted by Gasteiger charge is 2.20. The number of amides is 1. The van der Waals surface area contributed by atoms with Gasteiger partial charge < -0.3 is 21.1 Å². The van der Waals surface area contributed by atoms with E-state index in [0.717, 1.165) is 63.8 Å². The maximum absolute atomic E-state index is 11.1. The highest BCUT2D eigenvalue weighted by Crippen LogP contribution is 2.14. The lowest BCUT2D eigenvalue weighted by atomic mass is 10.1. The first-order valence-corrected chi connectivity index (χ1v) is 10.7. The van der Waals surface area contributed by atoms with Crippen LogP contribution in [-0.2, 0) is 11.2 Å². The third kappa shape index (κ3) is 10.5. The van der Waals surface area contributed by atoms with Gasteiger partial charge in [0.15, 0.2) is 5.96 Å². The van der Waals surface area contributed by atoms with Crippen LogP contribution in [0.25, 0.3) is 0 Å². The number of likely N-dealkylation sites (tertiary alicyclic amines) is 1. The summed E-state index contributed by atoms with van der Waals surface area (Å²) in [6.45, 7) is 10.8. The molecule has 1 fully saturated rings. The number of guanidine groups is 1. The SMILES string of the molecule is CCNC(=NCCc1ccc(OCC(C)C)cc1)NC1CCN(CC(N)=O)CC1.I. The molecule has 8 heteroatoms. The monoisotopic (exact) mass is 531 g/mol. The predicted molar refractivity (Wildman–Crippen MR) is 134 cm³/mol. The van der Waals surface area contributed by atoms with Crippen LogP contribution in [0.15, 0.2) is 29.3 Å². The van der Waals surface area contributed by atoms with Gasteiger partial charge in [0.2, 0.25) is 5.91 Å². The van der Waals surface area contributed by atoms with Crippen molar-refractivity contribution in [2.24, 2.45) is 16.6 Å². The fourth-order valence-corrected chi connectivity index (χ4v) is 3.28. The molecule has 0 aliphatic carbocycles. The fourth-order valence-electron chi connectivity index (χ4n) is 3.28. The van der Waals surface area contributed by atoms with Gasteiger partial charge >= 0.3 is 0 Å². The summed E-state index contributed by atoms with van der Waals surface area (Å²) in [5, 5.41) is 6.86. The van der Waals surface area contributed by atoms with E-state index in [1.165, 1.54) is 5.56 Å². The Morgan fingerprint density at radius 2 is 1.93 bits per heavy atom. The number of nitrogens with zero attached hydrogens (tertiary/aromatic N) is 2. The minimum Gasteiger partial charge on any atom is -0.493 e. The van der Waals surface area contributed by atoms with Gasteiger partial charge in [0.05, 0.1) is 13.2 Å². The van der Waals surface area contributed by atoms with Crippen molar-refractivity contribution in [1.82, 2.24) is 15.5 Å². The summed E-state index contributed by atoms with van der Waals surface area (Å²) in [6.07, 6.45) is 2.85. The average molecular weight is 531 g/mol. The number of carbonyl (C=O) groups is 1. The summed E-state index contributed by atoms with van der Waals surface area (Å²) in [4.78, 5) is 17.9. The van der Waals surface area contributed by atoms with Gasteiger partial charge in [-0.25, -0.2) is 0 Å². The van der Waals surface area contributed by atoms with Crippen LogP contribution in [0, 0.1) is 5.92 Å². The molecule has 1 saturated heterocycles. The van der Waals surface area contributed by atoms with Crippen LogP contribution in [0.2, 0.25) is 0 Å². The molecule has 1 aliphatic heterocycles. The Morgan fingerprint density at radius 1 is 1.27 bits per heavy atom. The summed E-state index contributed by atoms with van der Waals surface area (Å²) in [5.41, 5.74) is 6.54. The van der Waals surface area contributed by atoms with Crippen LogP contribution in [0.1, 0.15) is 39.2 Å². The molecule has 1 aromatic carbocycles. The lowest BCUT2D eigenvalue weighted by Crippen LogP contribution is -2.49. The van der Waals surface area contributed by atoms with Gasteiger partial charge in [-0.1, -0.05) is 26.0 Å². The van der Waals surface area contributed by atoms with Crippen molar-refractivity contribution in [3.8, 4) is 5.75 Å². The molecular formula is C22H38IN5O2. The summed E-state index contributed by atoms with van der Waals surface area (Å²) in [6, 6.07) is 8.66. The second kappa shape index (κ2) is 14.5. The maximum atomic E-state index is 11.1. The van der Waals surface area contributed by atoms with Gasteiger partial charge in [0.1, 0.15) is 5.75 Å². The first-order chi connectivity index (χ1) is 14.0. The smallest absolute Gasteiger partial charge is 0.231 e. The van der Waals surface area contributed by atoms with Gasteiger partial charge in [-0.05, 0) is 49.8 Å². The van der Waals surface area contributed by atoms with E-state index in [1.807, 2.05) is 12.1 Å². The topological polar surface area (TPSA) is 92.0 Å². The Kier molecular flexibility index (Phi) is 12.8. The molecule has 1 amide bonds. The second-order valence-corrected chi connectivity index (χ2v) is 8.02. The first-order valence-electron chi connectivity index (χ1n) is 10.7. The molecular weight excluding hydrogens is 493 g/mol. The molecule has 0 atom stereocenters.